The molecule has 0 fully saturated rings. The maximum atomic E-state index is 14.6. The smallest absolute Gasteiger partial charge is 0.266 e. The highest BCUT2D eigenvalue weighted by molar-refractivity contribution is 7.98. The Balaban J connectivity index is 1.48. The third-order valence-electron chi connectivity index (χ3n) is 4.93. The average molecular weight is 462 g/mol. The minimum atomic E-state index is -0.862. The van der Waals surface area contributed by atoms with Gasteiger partial charge in [0.1, 0.15) is 11.6 Å². The van der Waals surface area contributed by atoms with Gasteiger partial charge in [-0.1, -0.05) is 54.2 Å². The van der Waals surface area contributed by atoms with Crippen LogP contribution in [0.3, 0.4) is 0 Å². The number of hydrogen-bond donors (Lipinski definition) is 0. The van der Waals surface area contributed by atoms with Gasteiger partial charge in [-0.3, -0.25) is 9.36 Å². The molecule has 5 rings (SSSR count). The van der Waals surface area contributed by atoms with E-state index in [0.717, 1.165) is 34.0 Å². The molecule has 33 heavy (non-hydrogen) atoms. The fourth-order valence-corrected chi connectivity index (χ4v) is 4.24. The van der Waals surface area contributed by atoms with Crippen LogP contribution in [0.2, 0.25) is 0 Å². The molecule has 0 unspecified atom stereocenters. The lowest BCUT2D eigenvalue weighted by Crippen LogP contribution is -2.22. The fourth-order valence-electron chi connectivity index (χ4n) is 3.40. The molecular weight excluding hydrogens is 446 g/mol. The Morgan fingerprint density at radius 1 is 0.909 bits per heavy atom. The summed E-state index contributed by atoms with van der Waals surface area (Å²) in [5.41, 5.74) is 0.970. The third-order valence-corrected chi connectivity index (χ3v) is 5.85. The molecule has 0 bridgehead atoms. The van der Waals surface area contributed by atoms with Crippen LogP contribution >= 0.6 is 11.8 Å². The number of para-hydroxylation sites is 1. The van der Waals surface area contributed by atoms with Crippen molar-refractivity contribution >= 4 is 22.7 Å². The van der Waals surface area contributed by atoms with Crippen LogP contribution in [0.4, 0.5) is 8.78 Å². The molecule has 0 spiro atoms. The predicted molar refractivity (Wildman–Crippen MR) is 120 cm³/mol. The van der Waals surface area contributed by atoms with E-state index in [0.29, 0.717) is 29.1 Å². The van der Waals surface area contributed by atoms with Crippen molar-refractivity contribution in [1.29, 1.82) is 0 Å². The van der Waals surface area contributed by atoms with E-state index < -0.39 is 17.2 Å². The summed E-state index contributed by atoms with van der Waals surface area (Å²) in [7, 11) is 0. The zero-order valence-electron chi connectivity index (χ0n) is 17.1. The molecular formula is C24H16F2N4O2S. The summed E-state index contributed by atoms with van der Waals surface area (Å²) in [6, 6.07) is 19.6. The van der Waals surface area contributed by atoms with E-state index in [4.69, 9.17) is 4.42 Å². The number of fused-ring (bicyclic) bond motifs is 1. The van der Waals surface area contributed by atoms with E-state index in [2.05, 4.69) is 15.2 Å². The van der Waals surface area contributed by atoms with Crippen molar-refractivity contribution < 1.29 is 13.2 Å². The van der Waals surface area contributed by atoms with Crippen LogP contribution in [-0.2, 0) is 12.2 Å². The molecule has 0 aliphatic heterocycles. The van der Waals surface area contributed by atoms with Gasteiger partial charge in [-0.25, -0.2) is 13.8 Å². The van der Waals surface area contributed by atoms with Crippen molar-refractivity contribution in [3.8, 4) is 5.69 Å². The normalized spacial score (nSPS) is 11.2. The molecule has 3 aromatic carbocycles. The van der Waals surface area contributed by atoms with Gasteiger partial charge in [0.25, 0.3) is 5.56 Å². The first-order valence-electron chi connectivity index (χ1n) is 10.0. The second-order valence-corrected chi connectivity index (χ2v) is 8.13. The van der Waals surface area contributed by atoms with Gasteiger partial charge in [-0.05, 0) is 29.8 Å². The standard InChI is InChI=1S/C24H16F2N4O2S/c25-16-10-11-20(18(26)13-16)30-23(31)17-8-4-5-9-19(17)27-24(30)33-14-22-29-28-21(32-22)12-15-6-2-1-3-7-15/h1-11,13H,12,14H2. The first kappa shape index (κ1) is 21.0. The molecule has 6 nitrogen and oxygen atoms in total. The van der Waals surface area contributed by atoms with Gasteiger partial charge >= 0.3 is 0 Å². The summed E-state index contributed by atoms with van der Waals surface area (Å²) in [6.07, 6.45) is 0.498. The molecule has 2 aromatic heterocycles. The third kappa shape index (κ3) is 4.40. The van der Waals surface area contributed by atoms with Crippen LogP contribution < -0.4 is 5.56 Å². The van der Waals surface area contributed by atoms with Crippen molar-refractivity contribution in [2.75, 3.05) is 0 Å². The number of halogens is 2. The molecule has 5 aromatic rings. The molecule has 0 saturated carbocycles. The summed E-state index contributed by atoms with van der Waals surface area (Å²) in [5, 5.41) is 8.70. The Labute approximate surface area is 190 Å². The Morgan fingerprint density at radius 2 is 1.67 bits per heavy atom. The van der Waals surface area contributed by atoms with E-state index in [-0.39, 0.29) is 16.6 Å². The molecule has 0 aliphatic rings. The lowest BCUT2D eigenvalue weighted by atomic mass is 10.2. The van der Waals surface area contributed by atoms with Gasteiger partial charge in [0.15, 0.2) is 5.16 Å². The van der Waals surface area contributed by atoms with E-state index in [1.807, 2.05) is 30.3 Å². The molecule has 9 heteroatoms. The molecule has 0 N–H and O–H groups in total. The van der Waals surface area contributed by atoms with Gasteiger partial charge in [0, 0.05) is 6.07 Å². The quantitative estimate of drug-likeness (QED) is 0.263. The number of thioether (sulfide) groups is 1. The van der Waals surface area contributed by atoms with Gasteiger partial charge in [-0.15, -0.1) is 10.2 Å². The van der Waals surface area contributed by atoms with E-state index in [9.17, 15) is 13.6 Å². The fraction of sp³-hybridized carbons (Fsp3) is 0.0833. The number of benzene rings is 3. The Hall–Kier alpha value is -3.85. The van der Waals surface area contributed by atoms with Crippen molar-refractivity contribution in [2.24, 2.45) is 0 Å². The summed E-state index contributed by atoms with van der Waals surface area (Å²) >= 11 is 1.15. The predicted octanol–water partition coefficient (Wildman–Crippen LogP) is 4.93. The van der Waals surface area contributed by atoms with Gasteiger partial charge in [-0.2, -0.15) is 0 Å². The second-order valence-electron chi connectivity index (χ2n) is 7.19. The van der Waals surface area contributed by atoms with E-state index in [1.54, 1.807) is 24.3 Å². The molecule has 0 amide bonds. The second kappa shape index (κ2) is 8.95. The molecule has 0 aliphatic carbocycles. The Kier molecular flexibility index (Phi) is 5.70. The van der Waals surface area contributed by atoms with Crippen molar-refractivity contribution in [3.05, 3.63) is 112 Å². The Morgan fingerprint density at radius 3 is 2.48 bits per heavy atom. The Bertz CT molecular complexity index is 1500. The highest BCUT2D eigenvalue weighted by Crippen LogP contribution is 2.26. The summed E-state index contributed by atoms with van der Waals surface area (Å²) < 4.78 is 34.9. The highest BCUT2D eigenvalue weighted by atomic mass is 32.2. The monoisotopic (exact) mass is 462 g/mol. The summed E-state index contributed by atoms with van der Waals surface area (Å²) in [5.74, 6) is -0.567. The number of nitrogens with zero attached hydrogens (tertiary/aromatic N) is 4. The van der Waals surface area contributed by atoms with Crippen LogP contribution in [0.25, 0.3) is 16.6 Å². The summed E-state index contributed by atoms with van der Waals surface area (Å²) in [6.45, 7) is 0. The summed E-state index contributed by atoms with van der Waals surface area (Å²) in [4.78, 5) is 17.7. The van der Waals surface area contributed by atoms with Gasteiger partial charge < -0.3 is 4.42 Å². The minimum absolute atomic E-state index is 0.0857. The van der Waals surface area contributed by atoms with Crippen LogP contribution in [-0.4, -0.2) is 19.7 Å². The number of hydrogen-bond acceptors (Lipinski definition) is 6. The first-order chi connectivity index (χ1) is 16.1. The maximum Gasteiger partial charge on any atom is 0.266 e. The first-order valence-corrected chi connectivity index (χ1v) is 11.0. The van der Waals surface area contributed by atoms with Crippen LogP contribution in [0.5, 0.6) is 0 Å². The van der Waals surface area contributed by atoms with Crippen LogP contribution in [0.15, 0.2) is 87.2 Å². The minimum Gasteiger partial charge on any atom is -0.424 e. The molecule has 2 heterocycles. The number of rotatable bonds is 6. The zero-order chi connectivity index (χ0) is 22.8. The largest absolute Gasteiger partial charge is 0.424 e. The molecule has 164 valence electrons. The highest BCUT2D eigenvalue weighted by Gasteiger charge is 2.18. The van der Waals surface area contributed by atoms with E-state index >= 15 is 0 Å². The van der Waals surface area contributed by atoms with E-state index in [1.165, 1.54) is 6.07 Å². The number of aromatic nitrogens is 4. The topological polar surface area (TPSA) is 73.8 Å². The van der Waals surface area contributed by atoms with Gasteiger partial charge in [0.05, 0.1) is 28.8 Å². The molecule has 0 radical (unpaired) electrons. The van der Waals surface area contributed by atoms with Crippen LogP contribution in [0.1, 0.15) is 17.3 Å². The SMILES string of the molecule is O=c1c2ccccc2nc(SCc2nnc(Cc3ccccc3)o2)n1-c1ccc(F)cc1F. The van der Waals surface area contributed by atoms with Gasteiger partial charge in [0.2, 0.25) is 11.8 Å². The lowest BCUT2D eigenvalue weighted by molar-refractivity contribution is 0.474. The van der Waals surface area contributed by atoms with Crippen molar-refractivity contribution in [3.63, 3.8) is 0 Å². The van der Waals surface area contributed by atoms with Crippen LogP contribution in [0, 0.1) is 11.6 Å². The van der Waals surface area contributed by atoms with Crippen molar-refractivity contribution in [2.45, 2.75) is 17.3 Å². The lowest BCUT2D eigenvalue weighted by Gasteiger charge is -2.13. The average Bonchev–Trinajstić information content (AvgIpc) is 3.26. The molecule has 0 saturated heterocycles. The molecule has 0 atom stereocenters. The zero-order valence-corrected chi connectivity index (χ0v) is 17.9. The maximum absolute atomic E-state index is 14.6. The van der Waals surface area contributed by atoms with Crippen molar-refractivity contribution in [1.82, 2.24) is 19.7 Å².